The Bertz CT molecular complexity index is 521. The number of aromatic nitrogens is 2. The topological polar surface area (TPSA) is 29.3 Å². The molecule has 0 aliphatic carbocycles. The van der Waals surface area contributed by atoms with Crippen molar-refractivity contribution in [1.82, 2.24) is 14.7 Å². The van der Waals surface area contributed by atoms with E-state index >= 15 is 0 Å². The molecule has 1 atom stereocenters. The van der Waals surface area contributed by atoms with Crippen LogP contribution in [0.1, 0.15) is 36.0 Å². The van der Waals surface area contributed by atoms with Crippen LogP contribution in [0.5, 0.6) is 0 Å². The molecule has 3 heterocycles. The summed E-state index contributed by atoms with van der Waals surface area (Å²) in [6, 6.07) is 4.70. The van der Waals surface area contributed by atoms with Crippen LogP contribution in [-0.4, -0.2) is 15.9 Å². The number of hydrogen-bond acceptors (Lipinski definition) is 2. The lowest BCUT2D eigenvalue weighted by Crippen LogP contribution is -2.13. The summed E-state index contributed by atoms with van der Waals surface area (Å²) in [7, 11) is 0. The first-order valence-corrected chi connectivity index (χ1v) is 5.95. The minimum absolute atomic E-state index is 0.449. The van der Waals surface area contributed by atoms with Crippen LogP contribution >= 0.6 is 0 Å². The van der Waals surface area contributed by atoms with Gasteiger partial charge in [-0.25, -0.2) is 4.98 Å². The predicted molar refractivity (Wildman–Crippen MR) is 64.6 cm³/mol. The van der Waals surface area contributed by atoms with Crippen molar-refractivity contribution >= 4 is 5.52 Å². The van der Waals surface area contributed by atoms with Crippen molar-refractivity contribution in [3.05, 3.63) is 35.4 Å². The monoisotopic (exact) mass is 215 g/mol. The number of imidazole rings is 1. The summed E-state index contributed by atoms with van der Waals surface area (Å²) in [5.74, 6) is 1.09. The molecular formula is C13H17N3. The number of rotatable bonds is 1. The maximum absolute atomic E-state index is 4.73. The molecule has 2 aromatic heterocycles. The zero-order chi connectivity index (χ0) is 11.1. The van der Waals surface area contributed by atoms with Gasteiger partial charge in [-0.3, -0.25) is 0 Å². The van der Waals surface area contributed by atoms with Crippen molar-refractivity contribution in [3.63, 3.8) is 0 Å². The summed E-state index contributed by atoms with van der Waals surface area (Å²) in [4.78, 5) is 4.73. The second-order valence-electron chi connectivity index (χ2n) is 4.60. The van der Waals surface area contributed by atoms with E-state index in [2.05, 4.69) is 41.9 Å². The quantitative estimate of drug-likeness (QED) is 0.791. The molecule has 84 valence electrons. The smallest absolute Gasteiger partial charge is 0.110 e. The Labute approximate surface area is 95.5 Å². The van der Waals surface area contributed by atoms with Crippen LogP contribution in [0.2, 0.25) is 0 Å². The highest BCUT2D eigenvalue weighted by atomic mass is 15.1. The van der Waals surface area contributed by atoms with Crippen LogP contribution in [0.4, 0.5) is 0 Å². The van der Waals surface area contributed by atoms with Crippen molar-refractivity contribution in [2.45, 2.75) is 32.7 Å². The molecule has 0 amide bonds. The molecule has 2 aromatic rings. The van der Waals surface area contributed by atoms with E-state index in [1.54, 1.807) is 0 Å². The summed E-state index contributed by atoms with van der Waals surface area (Å²) < 4.78 is 2.20. The zero-order valence-electron chi connectivity index (χ0n) is 9.83. The molecular weight excluding hydrogens is 198 g/mol. The number of nitrogens with zero attached hydrogens (tertiary/aromatic N) is 2. The van der Waals surface area contributed by atoms with Crippen LogP contribution < -0.4 is 5.32 Å². The van der Waals surface area contributed by atoms with E-state index in [4.69, 9.17) is 4.98 Å². The van der Waals surface area contributed by atoms with E-state index in [1.807, 2.05) is 0 Å². The van der Waals surface area contributed by atoms with Crippen LogP contribution in [-0.2, 0) is 0 Å². The molecule has 0 saturated carbocycles. The molecule has 3 heteroatoms. The lowest BCUT2D eigenvalue weighted by molar-refractivity contribution is 0.635. The van der Waals surface area contributed by atoms with Gasteiger partial charge in [0.15, 0.2) is 0 Å². The molecule has 1 aliphatic rings. The Balaban J connectivity index is 2.24. The van der Waals surface area contributed by atoms with Gasteiger partial charge in [-0.2, -0.15) is 0 Å². The maximum Gasteiger partial charge on any atom is 0.110 e. The second kappa shape index (κ2) is 3.59. The standard InChI is InChI=1S/C13H17N3/c1-9-5-4-8-16-10(2)15-12(13(9)16)11-6-3-7-14-11/h4-5,8,11,14H,3,6-7H2,1-2H3. The van der Waals surface area contributed by atoms with Crippen LogP contribution in [0.3, 0.4) is 0 Å². The zero-order valence-corrected chi connectivity index (χ0v) is 9.83. The molecule has 3 rings (SSSR count). The number of nitrogens with one attached hydrogen (secondary N) is 1. The Morgan fingerprint density at radius 3 is 3.06 bits per heavy atom. The van der Waals surface area contributed by atoms with E-state index < -0.39 is 0 Å². The Kier molecular flexibility index (Phi) is 2.21. The van der Waals surface area contributed by atoms with Crippen LogP contribution in [0.15, 0.2) is 18.3 Å². The Morgan fingerprint density at radius 2 is 2.31 bits per heavy atom. The minimum Gasteiger partial charge on any atom is -0.309 e. The molecule has 1 aliphatic heterocycles. The highest BCUT2D eigenvalue weighted by molar-refractivity contribution is 5.60. The third kappa shape index (κ3) is 1.35. The highest BCUT2D eigenvalue weighted by Crippen LogP contribution is 2.28. The molecule has 0 bridgehead atoms. The third-order valence-electron chi connectivity index (χ3n) is 3.46. The van der Waals surface area contributed by atoms with Gasteiger partial charge in [-0.15, -0.1) is 0 Å². The number of pyridine rings is 1. The molecule has 3 nitrogen and oxygen atoms in total. The van der Waals surface area contributed by atoms with Gasteiger partial charge in [0.2, 0.25) is 0 Å². The molecule has 16 heavy (non-hydrogen) atoms. The average molecular weight is 215 g/mol. The fraction of sp³-hybridized carbons (Fsp3) is 0.462. The van der Waals surface area contributed by atoms with Gasteiger partial charge in [0.1, 0.15) is 5.82 Å². The number of fused-ring (bicyclic) bond motifs is 1. The first-order valence-electron chi connectivity index (χ1n) is 5.95. The summed E-state index contributed by atoms with van der Waals surface area (Å²) in [5.41, 5.74) is 3.83. The van der Waals surface area contributed by atoms with E-state index in [0.717, 1.165) is 12.4 Å². The van der Waals surface area contributed by atoms with Gasteiger partial charge in [0, 0.05) is 6.20 Å². The van der Waals surface area contributed by atoms with Gasteiger partial charge in [-0.1, -0.05) is 6.07 Å². The van der Waals surface area contributed by atoms with Gasteiger partial charge in [-0.05, 0) is 44.9 Å². The fourth-order valence-electron chi connectivity index (χ4n) is 2.65. The van der Waals surface area contributed by atoms with Gasteiger partial charge in [0.05, 0.1) is 17.3 Å². The average Bonchev–Trinajstić information content (AvgIpc) is 2.87. The van der Waals surface area contributed by atoms with Crippen molar-refractivity contribution < 1.29 is 0 Å². The maximum atomic E-state index is 4.73. The third-order valence-corrected chi connectivity index (χ3v) is 3.46. The Hall–Kier alpha value is -1.35. The summed E-state index contributed by atoms with van der Waals surface area (Å²) in [6.45, 7) is 5.36. The van der Waals surface area contributed by atoms with E-state index in [1.165, 1.54) is 29.6 Å². The lowest BCUT2D eigenvalue weighted by Gasteiger charge is -2.08. The molecule has 0 radical (unpaired) electrons. The van der Waals surface area contributed by atoms with E-state index in [-0.39, 0.29) is 0 Å². The largest absolute Gasteiger partial charge is 0.309 e. The molecule has 1 fully saturated rings. The van der Waals surface area contributed by atoms with Crippen LogP contribution in [0, 0.1) is 13.8 Å². The summed E-state index contributed by atoms with van der Waals surface area (Å²) >= 11 is 0. The molecule has 1 N–H and O–H groups in total. The van der Waals surface area contributed by atoms with Gasteiger partial charge in [0.25, 0.3) is 0 Å². The van der Waals surface area contributed by atoms with E-state index in [0.29, 0.717) is 6.04 Å². The van der Waals surface area contributed by atoms with Crippen LogP contribution in [0.25, 0.3) is 5.52 Å². The molecule has 1 saturated heterocycles. The van der Waals surface area contributed by atoms with Gasteiger partial charge >= 0.3 is 0 Å². The molecule has 1 unspecified atom stereocenters. The van der Waals surface area contributed by atoms with Crippen molar-refractivity contribution in [3.8, 4) is 0 Å². The summed E-state index contributed by atoms with van der Waals surface area (Å²) in [6.07, 6.45) is 4.57. The van der Waals surface area contributed by atoms with E-state index in [9.17, 15) is 0 Å². The normalized spacial score (nSPS) is 20.8. The predicted octanol–water partition coefficient (Wildman–Crippen LogP) is 2.38. The first kappa shape index (κ1) is 9.85. The molecule has 0 aromatic carbocycles. The summed E-state index contributed by atoms with van der Waals surface area (Å²) in [5, 5.41) is 3.53. The van der Waals surface area contributed by atoms with Crippen molar-refractivity contribution in [2.75, 3.05) is 6.54 Å². The van der Waals surface area contributed by atoms with Crippen molar-refractivity contribution in [2.24, 2.45) is 0 Å². The fourth-order valence-corrected chi connectivity index (χ4v) is 2.65. The number of aryl methyl sites for hydroxylation is 2. The highest BCUT2D eigenvalue weighted by Gasteiger charge is 2.22. The lowest BCUT2D eigenvalue weighted by atomic mass is 10.1. The SMILES string of the molecule is Cc1cccn2c(C)nc(C3CCCN3)c12. The van der Waals surface area contributed by atoms with Gasteiger partial charge < -0.3 is 9.72 Å². The van der Waals surface area contributed by atoms with Crippen molar-refractivity contribution in [1.29, 1.82) is 0 Å². The minimum atomic E-state index is 0.449. The Morgan fingerprint density at radius 1 is 1.44 bits per heavy atom. The first-order chi connectivity index (χ1) is 7.77. The second-order valence-corrected chi connectivity index (χ2v) is 4.60. The number of hydrogen-bond donors (Lipinski definition) is 1. The molecule has 0 spiro atoms.